The van der Waals surface area contributed by atoms with Gasteiger partial charge in [0, 0.05) is 18.8 Å². The van der Waals surface area contributed by atoms with E-state index in [1.807, 2.05) is 12.1 Å². The number of hydrogen-bond donors (Lipinski definition) is 1. The van der Waals surface area contributed by atoms with E-state index < -0.39 is 0 Å². The molecular weight excluding hydrogens is 321 g/mol. The molecule has 1 aromatic carbocycles. The van der Waals surface area contributed by atoms with Gasteiger partial charge in [-0.05, 0) is 53.6 Å². The van der Waals surface area contributed by atoms with Crippen LogP contribution in [0.15, 0.2) is 30.3 Å². The fourth-order valence-corrected chi connectivity index (χ4v) is 3.19. The van der Waals surface area contributed by atoms with Gasteiger partial charge in [0.1, 0.15) is 5.82 Å². The van der Waals surface area contributed by atoms with E-state index >= 15 is 0 Å². The van der Waals surface area contributed by atoms with Crippen LogP contribution in [0, 0.1) is 5.82 Å². The molecule has 1 aliphatic heterocycles. The number of aromatic nitrogens is 5. The van der Waals surface area contributed by atoms with Crippen molar-refractivity contribution in [2.45, 2.75) is 32.1 Å². The first-order chi connectivity index (χ1) is 12.3. The Balaban J connectivity index is 1.52. The summed E-state index contributed by atoms with van der Waals surface area (Å²) in [5.74, 6) is 0.340. The van der Waals surface area contributed by atoms with Gasteiger partial charge in [-0.15, -0.1) is 14.8 Å². The first kappa shape index (κ1) is 15.7. The van der Waals surface area contributed by atoms with Gasteiger partial charge in [-0.25, -0.2) is 4.39 Å². The Bertz CT molecular complexity index is 855. The van der Waals surface area contributed by atoms with Crippen LogP contribution in [0.2, 0.25) is 0 Å². The van der Waals surface area contributed by atoms with Crippen molar-refractivity contribution in [3.8, 4) is 0 Å². The van der Waals surface area contributed by atoms with E-state index in [1.54, 1.807) is 12.1 Å². The fourth-order valence-electron chi connectivity index (χ4n) is 3.19. The number of anilines is 3. The van der Waals surface area contributed by atoms with Crippen molar-refractivity contribution in [2.75, 3.05) is 23.3 Å². The highest BCUT2D eigenvalue weighted by Gasteiger charge is 2.14. The highest BCUT2D eigenvalue weighted by Crippen LogP contribution is 2.26. The standard InChI is InChI=1S/C17H20FN7/c18-14-12-13(19-16-8-9-17-20-22-23-25(17)21-16)6-7-15(14)24-10-4-2-1-3-5-11-24/h6-9,12H,1-5,10-11H2,(H,19,21). The molecule has 2 aromatic heterocycles. The molecule has 7 nitrogen and oxygen atoms in total. The summed E-state index contributed by atoms with van der Waals surface area (Å²) in [6.45, 7) is 1.84. The van der Waals surface area contributed by atoms with Gasteiger partial charge >= 0.3 is 0 Å². The minimum Gasteiger partial charge on any atom is -0.369 e. The highest BCUT2D eigenvalue weighted by molar-refractivity contribution is 5.62. The predicted octanol–water partition coefficient (Wildman–Crippen LogP) is 3.17. The van der Waals surface area contributed by atoms with Gasteiger partial charge in [-0.3, -0.25) is 0 Å². The molecule has 1 N–H and O–H groups in total. The van der Waals surface area contributed by atoms with E-state index in [1.165, 1.54) is 30.0 Å². The third-order valence-electron chi connectivity index (χ3n) is 4.49. The number of nitrogens with zero attached hydrogens (tertiary/aromatic N) is 6. The van der Waals surface area contributed by atoms with E-state index in [9.17, 15) is 4.39 Å². The van der Waals surface area contributed by atoms with Crippen LogP contribution in [-0.4, -0.2) is 38.3 Å². The summed E-state index contributed by atoms with van der Waals surface area (Å²) < 4.78 is 16.0. The van der Waals surface area contributed by atoms with Crippen LogP contribution in [0.5, 0.6) is 0 Å². The summed E-state index contributed by atoms with van der Waals surface area (Å²) in [5, 5.41) is 18.4. The Morgan fingerprint density at radius 2 is 1.76 bits per heavy atom. The molecule has 8 heteroatoms. The quantitative estimate of drug-likeness (QED) is 0.789. The summed E-state index contributed by atoms with van der Waals surface area (Å²) in [4.78, 5) is 2.16. The van der Waals surface area contributed by atoms with Crippen molar-refractivity contribution in [1.82, 2.24) is 25.3 Å². The van der Waals surface area contributed by atoms with E-state index in [-0.39, 0.29) is 5.82 Å². The molecule has 0 bridgehead atoms. The van der Waals surface area contributed by atoms with Crippen molar-refractivity contribution in [2.24, 2.45) is 0 Å². The number of fused-ring (bicyclic) bond motifs is 1. The second-order valence-corrected chi connectivity index (χ2v) is 6.29. The first-order valence-electron chi connectivity index (χ1n) is 8.66. The molecule has 1 saturated heterocycles. The van der Waals surface area contributed by atoms with Gasteiger partial charge in [-0.1, -0.05) is 19.3 Å². The maximum atomic E-state index is 14.6. The van der Waals surface area contributed by atoms with Crippen molar-refractivity contribution >= 4 is 22.8 Å². The Morgan fingerprint density at radius 3 is 2.56 bits per heavy atom. The first-order valence-corrected chi connectivity index (χ1v) is 8.66. The van der Waals surface area contributed by atoms with Crippen molar-refractivity contribution in [1.29, 1.82) is 0 Å². The van der Waals surface area contributed by atoms with Crippen LogP contribution in [0.25, 0.3) is 5.65 Å². The predicted molar refractivity (Wildman–Crippen MR) is 93.6 cm³/mol. The summed E-state index contributed by atoms with van der Waals surface area (Å²) in [6, 6.07) is 8.74. The summed E-state index contributed by atoms with van der Waals surface area (Å²) in [7, 11) is 0. The van der Waals surface area contributed by atoms with E-state index in [0.717, 1.165) is 25.9 Å². The highest BCUT2D eigenvalue weighted by atomic mass is 19.1. The van der Waals surface area contributed by atoms with E-state index in [4.69, 9.17) is 0 Å². The normalized spacial score (nSPS) is 15.8. The molecular formula is C17H20FN7. The number of halogens is 1. The molecule has 0 spiro atoms. The average molecular weight is 341 g/mol. The Labute approximate surface area is 144 Å². The largest absolute Gasteiger partial charge is 0.369 e. The molecule has 0 radical (unpaired) electrons. The topological polar surface area (TPSA) is 71.2 Å². The lowest BCUT2D eigenvalue weighted by Gasteiger charge is -2.27. The molecule has 130 valence electrons. The molecule has 4 rings (SSSR count). The molecule has 3 heterocycles. The molecule has 1 aliphatic rings. The number of rotatable bonds is 3. The van der Waals surface area contributed by atoms with Gasteiger partial charge in [0.2, 0.25) is 0 Å². The summed E-state index contributed by atoms with van der Waals surface area (Å²) >= 11 is 0. The van der Waals surface area contributed by atoms with Crippen LogP contribution >= 0.6 is 0 Å². The molecule has 0 atom stereocenters. The van der Waals surface area contributed by atoms with Crippen molar-refractivity contribution in [3.05, 3.63) is 36.1 Å². The zero-order valence-corrected chi connectivity index (χ0v) is 13.9. The zero-order valence-electron chi connectivity index (χ0n) is 13.9. The van der Waals surface area contributed by atoms with Gasteiger partial charge in [-0.2, -0.15) is 0 Å². The average Bonchev–Trinajstić information content (AvgIpc) is 3.03. The summed E-state index contributed by atoms with van der Waals surface area (Å²) in [5.41, 5.74) is 1.88. The third-order valence-corrected chi connectivity index (χ3v) is 4.49. The lowest BCUT2D eigenvalue weighted by Crippen LogP contribution is -2.27. The molecule has 3 aromatic rings. The minimum atomic E-state index is -0.214. The van der Waals surface area contributed by atoms with Crippen molar-refractivity contribution < 1.29 is 4.39 Å². The van der Waals surface area contributed by atoms with E-state index in [0.29, 0.717) is 22.8 Å². The van der Waals surface area contributed by atoms with E-state index in [2.05, 4.69) is 30.8 Å². The van der Waals surface area contributed by atoms with Crippen LogP contribution in [0.4, 0.5) is 21.6 Å². The maximum absolute atomic E-state index is 14.6. The third kappa shape index (κ3) is 3.52. The van der Waals surface area contributed by atoms with Gasteiger partial charge in [0.05, 0.1) is 5.69 Å². The van der Waals surface area contributed by atoms with Crippen molar-refractivity contribution in [3.63, 3.8) is 0 Å². The summed E-state index contributed by atoms with van der Waals surface area (Å²) in [6.07, 6.45) is 5.98. The Hall–Kier alpha value is -2.77. The van der Waals surface area contributed by atoms with Crippen LogP contribution < -0.4 is 10.2 Å². The maximum Gasteiger partial charge on any atom is 0.200 e. The monoisotopic (exact) mass is 341 g/mol. The SMILES string of the molecule is Fc1cc(Nc2ccc3nnnn3n2)ccc1N1CCCCCCC1. The lowest BCUT2D eigenvalue weighted by molar-refractivity contribution is 0.545. The second-order valence-electron chi connectivity index (χ2n) is 6.29. The van der Waals surface area contributed by atoms with Gasteiger partial charge < -0.3 is 10.2 Å². The number of hydrogen-bond acceptors (Lipinski definition) is 6. The zero-order chi connectivity index (χ0) is 17.1. The molecule has 25 heavy (non-hydrogen) atoms. The van der Waals surface area contributed by atoms with Crippen LogP contribution in [0.3, 0.4) is 0 Å². The minimum absolute atomic E-state index is 0.214. The molecule has 1 fully saturated rings. The van der Waals surface area contributed by atoms with Crippen LogP contribution in [0.1, 0.15) is 32.1 Å². The van der Waals surface area contributed by atoms with Gasteiger partial charge in [0.25, 0.3) is 0 Å². The fraction of sp³-hybridized carbons (Fsp3) is 0.412. The second kappa shape index (κ2) is 7.00. The lowest BCUT2D eigenvalue weighted by atomic mass is 10.1. The Kier molecular flexibility index (Phi) is 4.41. The van der Waals surface area contributed by atoms with Gasteiger partial charge in [0.15, 0.2) is 11.5 Å². The van der Waals surface area contributed by atoms with Crippen LogP contribution in [-0.2, 0) is 0 Å². The molecule has 0 amide bonds. The smallest absolute Gasteiger partial charge is 0.200 e. The molecule has 0 aliphatic carbocycles. The number of benzene rings is 1. The molecule has 0 unspecified atom stereocenters. The number of tetrazole rings is 1. The Morgan fingerprint density at radius 1 is 0.960 bits per heavy atom. The number of nitrogens with one attached hydrogen (secondary N) is 1. The molecule has 0 saturated carbocycles.